The Balaban J connectivity index is 1.67. The summed E-state index contributed by atoms with van der Waals surface area (Å²) in [5.74, 6) is 1.17. The van der Waals surface area contributed by atoms with Crippen LogP contribution in [0, 0.1) is 5.92 Å². The minimum Gasteiger partial charge on any atom is -0.491 e. The first kappa shape index (κ1) is 25.8. The molecule has 36 heavy (non-hydrogen) atoms. The Morgan fingerprint density at radius 1 is 1.08 bits per heavy atom. The summed E-state index contributed by atoms with van der Waals surface area (Å²) in [7, 11) is 3.02. The van der Waals surface area contributed by atoms with Crippen LogP contribution in [0.5, 0.6) is 5.75 Å². The molecule has 0 aliphatic heterocycles. The molecule has 4 rings (SSSR count). The summed E-state index contributed by atoms with van der Waals surface area (Å²) in [5, 5.41) is 5.92. The first-order valence-electron chi connectivity index (χ1n) is 11.6. The number of thiazole rings is 1. The van der Waals surface area contributed by atoms with Crippen LogP contribution in [0.1, 0.15) is 29.1 Å². The first-order chi connectivity index (χ1) is 17.5. The van der Waals surface area contributed by atoms with Crippen LogP contribution in [-0.2, 0) is 15.9 Å². The summed E-state index contributed by atoms with van der Waals surface area (Å²) in [5.41, 5.74) is 3.09. The van der Waals surface area contributed by atoms with E-state index in [1.165, 1.54) is 7.11 Å². The number of carbonyl (C=O) groups excluding carboxylic acids is 1. The average molecular weight is 524 g/mol. The third-order valence-electron chi connectivity index (χ3n) is 5.28. The number of benzene rings is 1. The molecule has 3 heterocycles. The predicted molar refractivity (Wildman–Crippen MR) is 146 cm³/mol. The van der Waals surface area contributed by atoms with E-state index in [0.29, 0.717) is 35.6 Å². The van der Waals surface area contributed by atoms with Gasteiger partial charge in [0.05, 0.1) is 19.4 Å². The number of thiophene rings is 1. The van der Waals surface area contributed by atoms with Gasteiger partial charge in [0.1, 0.15) is 23.7 Å². The molecule has 0 aliphatic carbocycles. The molecule has 188 valence electrons. The fourth-order valence-electron chi connectivity index (χ4n) is 3.62. The number of aromatic nitrogens is 2. The highest BCUT2D eigenvalue weighted by Crippen LogP contribution is 2.36. The lowest BCUT2D eigenvalue weighted by Gasteiger charge is -2.09. The SMILES string of the molecule is COCCOc1cccc(-c2nc(Nc3ncc(-c4cccs4)cc3C(=O)OC)sc2CC(C)C)c1. The number of hydrogen-bond donors (Lipinski definition) is 1. The van der Waals surface area contributed by atoms with Crippen LogP contribution >= 0.6 is 22.7 Å². The molecule has 9 heteroatoms. The van der Waals surface area contributed by atoms with Gasteiger partial charge in [-0.2, -0.15) is 0 Å². The van der Waals surface area contributed by atoms with E-state index in [1.807, 2.05) is 41.8 Å². The molecule has 0 aliphatic rings. The van der Waals surface area contributed by atoms with Gasteiger partial charge in [-0.15, -0.1) is 22.7 Å². The Morgan fingerprint density at radius 2 is 1.94 bits per heavy atom. The quantitative estimate of drug-likeness (QED) is 0.173. The fraction of sp³-hybridized carbons (Fsp3) is 0.296. The van der Waals surface area contributed by atoms with E-state index in [1.54, 1.807) is 42.0 Å². The zero-order chi connectivity index (χ0) is 25.5. The molecule has 7 nitrogen and oxygen atoms in total. The van der Waals surface area contributed by atoms with E-state index in [2.05, 4.69) is 24.1 Å². The van der Waals surface area contributed by atoms with Crippen molar-refractivity contribution in [1.29, 1.82) is 0 Å². The van der Waals surface area contributed by atoms with Crippen LogP contribution < -0.4 is 10.1 Å². The second kappa shape index (κ2) is 12.1. The topological polar surface area (TPSA) is 82.6 Å². The zero-order valence-electron chi connectivity index (χ0n) is 20.7. The van der Waals surface area contributed by atoms with Gasteiger partial charge in [0.25, 0.3) is 0 Å². The molecule has 3 aromatic heterocycles. The first-order valence-corrected chi connectivity index (χ1v) is 13.3. The third kappa shape index (κ3) is 6.29. The fourth-order valence-corrected chi connectivity index (χ4v) is 5.53. The second-order valence-corrected chi connectivity index (χ2v) is 10.5. The van der Waals surface area contributed by atoms with Gasteiger partial charge in [-0.05, 0) is 42.0 Å². The van der Waals surface area contributed by atoms with Crippen molar-refractivity contribution in [3.8, 4) is 27.4 Å². The van der Waals surface area contributed by atoms with E-state index >= 15 is 0 Å². The van der Waals surface area contributed by atoms with Gasteiger partial charge in [0, 0.05) is 34.2 Å². The number of carbonyl (C=O) groups is 1. The standard InChI is InChI=1S/C27H29N3O4S2/c1-17(2)13-23-24(18-7-5-8-20(14-18)34-11-10-32-3)29-27(36-23)30-25-21(26(31)33-4)15-19(16-28-25)22-9-6-12-35-22/h5-9,12,14-17H,10-11,13H2,1-4H3,(H,28,29,30). The summed E-state index contributed by atoms with van der Waals surface area (Å²) >= 11 is 3.15. The molecular formula is C27H29N3O4S2. The molecule has 0 unspecified atom stereocenters. The van der Waals surface area contributed by atoms with Gasteiger partial charge in [-0.1, -0.05) is 32.0 Å². The van der Waals surface area contributed by atoms with Crippen LogP contribution in [0.2, 0.25) is 0 Å². The molecular weight excluding hydrogens is 494 g/mol. The maximum absolute atomic E-state index is 12.6. The van der Waals surface area contributed by atoms with E-state index in [-0.39, 0.29) is 0 Å². The molecule has 1 aromatic carbocycles. The van der Waals surface area contributed by atoms with E-state index in [9.17, 15) is 4.79 Å². The third-order valence-corrected chi connectivity index (χ3v) is 7.19. The highest BCUT2D eigenvalue weighted by Gasteiger charge is 2.20. The molecule has 0 amide bonds. The highest BCUT2D eigenvalue weighted by molar-refractivity contribution is 7.16. The van der Waals surface area contributed by atoms with Gasteiger partial charge < -0.3 is 19.5 Å². The Morgan fingerprint density at radius 3 is 2.67 bits per heavy atom. The lowest BCUT2D eigenvalue weighted by Crippen LogP contribution is -2.07. The Hall–Kier alpha value is -3.27. The smallest absolute Gasteiger partial charge is 0.341 e. The maximum Gasteiger partial charge on any atom is 0.341 e. The Labute approximate surface area is 219 Å². The van der Waals surface area contributed by atoms with Crippen molar-refractivity contribution in [2.24, 2.45) is 5.92 Å². The molecule has 0 bridgehead atoms. The van der Waals surface area contributed by atoms with Crippen molar-refractivity contribution < 1.29 is 19.0 Å². The molecule has 0 atom stereocenters. The number of nitrogens with one attached hydrogen (secondary N) is 1. The van der Waals surface area contributed by atoms with Crippen LogP contribution in [0.4, 0.5) is 10.9 Å². The summed E-state index contributed by atoms with van der Waals surface area (Å²) in [4.78, 5) is 24.2. The van der Waals surface area contributed by atoms with Crippen LogP contribution in [-0.4, -0.2) is 43.4 Å². The molecule has 0 saturated heterocycles. The van der Waals surface area contributed by atoms with Crippen molar-refractivity contribution in [1.82, 2.24) is 9.97 Å². The largest absolute Gasteiger partial charge is 0.491 e. The van der Waals surface area contributed by atoms with Crippen LogP contribution in [0.15, 0.2) is 54.0 Å². The molecule has 0 saturated carbocycles. The lowest BCUT2D eigenvalue weighted by molar-refractivity contribution is 0.0601. The molecule has 0 spiro atoms. The summed E-state index contributed by atoms with van der Waals surface area (Å²) in [6.07, 6.45) is 2.63. The number of methoxy groups -OCH3 is 2. The normalized spacial score (nSPS) is 11.0. The molecule has 0 fully saturated rings. The minimum atomic E-state index is -0.455. The molecule has 4 aromatic rings. The zero-order valence-corrected chi connectivity index (χ0v) is 22.4. The van der Waals surface area contributed by atoms with Crippen LogP contribution in [0.25, 0.3) is 21.7 Å². The van der Waals surface area contributed by atoms with Crippen molar-refractivity contribution >= 4 is 39.6 Å². The Bertz CT molecular complexity index is 1300. The Kier molecular flexibility index (Phi) is 8.69. The van der Waals surface area contributed by atoms with Crippen molar-refractivity contribution in [3.63, 3.8) is 0 Å². The number of anilines is 2. The van der Waals surface area contributed by atoms with Gasteiger partial charge >= 0.3 is 5.97 Å². The number of rotatable bonds is 11. The van der Waals surface area contributed by atoms with Gasteiger partial charge in [0.2, 0.25) is 0 Å². The predicted octanol–water partition coefficient (Wildman–Crippen LogP) is 6.69. The summed E-state index contributed by atoms with van der Waals surface area (Å²) in [6, 6.07) is 13.7. The molecule has 0 radical (unpaired) electrons. The number of ether oxygens (including phenoxy) is 3. The average Bonchev–Trinajstić information content (AvgIpc) is 3.54. The van der Waals surface area contributed by atoms with E-state index < -0.39 is 5.97 Å². The number of hydrogen-bond acceptors (Lipinski definition) is 9. The number of nitrogens with zero attached hydrogens (tertiary/aromatic N) is 2. The van der Waals surface area contributed by atoms with Crippen molar-refractivity contribution in [2.75, 3.05) is 32.8 Å². The second-order valence-electron chi connectivity index (χ2n) is 8.47. The monoisotopic (exact) mass is 523 g/mol. The van der Waals surface area contributed by atoms with E-state index in [4.69, 9.17) is 19.2 Å². The number of esters is 1. The van der Waals surface area contributed by atoms with Crippen LogP contribution in [0.3, 0.4) is 0 Å². The minimum absolute atomic E-state index is 0.360. The van der Waals surface area contributed by atoms with Crippen molar-refractivity contribution in [2.45, 2.75) is 20.3 Å². The van der Waals surface area contributed by atoms with Gasteiger partial charge in [-0.25, -0.2) is 14.8 Å². The van der Waals surface area contributed by atoms with Gasteiger partial charge in [-0.3, -0.25) is 0 Å². The lowest BCUT2D eigenvalue weighted by atomic mass is 10.0. The summed E-state index contributed by atoms with van der Waals surface area (Å²) in [6.45, 7) is 5.36. The number of pyridine rings is 1. The molecule has 1 N–H and O–H groups in total. The van der Waals surface area contributed by atoms with Crippen molar-refractivity contribution in [3.05, 3.63) is 64.5 Å². The van der Waals surface area contributed by atoms with Gasteiger partial charge in [0.15, 0.2) is 5.13 Å². The maximum atomic E-state index is 12.6. The van der Waals surface area contributed by atoms with E-state index in [0.717, 1.165) is 38.7 Å². The highest BCUT2D eigenvalue weighted by atomic mass is 32.1. The summed E-state index contributed by atoms with van der Waals surface area (Å²) < 4.78 is 15.9.